The number of carbonyl (C=O) groups excluding carboxylic acids is 1. The Morgan fingerprint density at radius 1 is 1.05 bits per heavy atom. The number of carbonyl (C=O) groups is 1. The van der Waals surface area contributed by atoms with Gasteiger partial charge in [0.25, 0.3) is 5.56 Å². The molecule has 1 N–H and O–H groups in total. The van der Waals surface area contributed by atoms with Gasteiger partial charge in [0.1, 0.15) is 11.6 Å². The third kappa shape index (κ3) is 5.84. The lowest BCUT2D eigenvalue weighted by Crippen LogP contribution is -2.42. The summed E-state index contributed by atoms with van der Waals surface area (Å²) in [4.78, 5) is 33.9. The molecule has 4 rings (SSSR count). The van der Waals surface area contributed by atoms with Crippen LogP contribution in [0.4, 0.5) is 10.5 Å². The minimum absolute atomic E-state index is 0.191. The van der Waals surface area contributed by atoms with Gasteiger partial charge in [-0.3, -0.25) is 9.36 Å². The Bertz CT molecular complexity index is 1420. The molecule has 2 amide bonds. The zero-order chi connectivity index (χ0) is 26.4. The normalized spacial score (nSPS) is 11.8. The molecule has 3 aromatic carbocycles. The smallest absolute Gasteiger partial charge is 0.322 e. The highest BCUT2D eigenvalue weighted by molar-refractivity contribution is 9.10. The second-order valence-corrected chi connectivity index (χ2v) is 9.29. The number of rotatable bonds is 9. The van der Waals surface area contributed by atoms with Crippen LogP contribution in [0, 0.1) is 0 Å². The van der Waals surface area contributed by atoms with Crippen LogP contribution in [0.1, 0.15) is 25.2 Å². The summed E-state index contributed by atoms with van der Waals surface area (Å²) in [6.45, 7) is 2.60. The molecule has 4 aromatic rings. The van der Waals surface area contributed by atoms with Gasteiger partial charge in [0.05, 0.1) is 36.3 Å². The second kappa shape index (κ2) is 12.0. The van der Waals surface area contributed by atoms with Gasteiger partial charge in [-0.1, -0.05) is 35.0 Å². The average Bonchev–Trinajstić information content (AvgIpc) is 2.92. The summed E-state index contributed by atoms with van der Waals surface area (Å²) >= 11 is 3.46. The molecule has 9 heteroatoms. The molecule has 0 saturated carbocycles. The summed E-state index contributed by atoms with van der Waals surface area (Å²) in [6.07, 6.45) is 0.529. The van der Waals surface area contributed by atoms with Crippen LogP contribution in [0.5, 0.6) is 5.75 Å². The molecule has 0 saturated heterocycles. The first-order valence-corrected chi connectivity index (χ1v) is 12.7. The fourth-order valence-electron chi connectivity index (χ4n) is 4.21. The molecular formula is C28H29BrN4O4. The van der Waals surface area contributed by atoms with E-state index in [1.807, 2.05) is 49.4 Å². The fourth-order valence-corrected chi connectivity index (χ4v) is 4.48. The van der Waals surface area contributed by atoms with Crippen LogP contribution in [0.2, 0.25) is 0 Å². The predicted molar refractivity (Wildman–Crippen MR) is 149 cm³/mol. The molecule has 0 fully saturated rings. The summed E-state index contributed by atoms with van der Waals surface area (Å²) in [6, 6.07) is 21.0. The van der Waals surface area contributed by atoms with Crippen molar-refractivity contribution in [2.75, 3.05) is 32.7 Å². The van der Waals surface area contributed by atoms with Crippen LogP contribution >= 0.6 is 15.9 Å². The Morgan fingerprint density at radius 3 is 2.41 bits per heavy atom. The molecule has 1 unspecified atom stereocenters. The topological polar surface area (TPSA) is 85.7 Å². The highest BCUT2D eigenvalue weighted by Gasteiger charge is 2.29. The molecule has 1 heterocycles. The first-order chi connectivity index (χ1) is 18.0. The number of para-hydroxylation sites is 1. The fraction of sp³-hybridized carbons (Fsp3) is 0.250. The molecule has 0 radical (unpaired) electrons. The molecule has 0 aliphatic heterocycles. The summed E-state index contributed by atoms with van der Waals surface area (Å²) in [5, 5.41) is 3.47. The molecule has 0 aliphatic rings. The maximum atomic E-state index is 13.8. The Hall–Kier alpha value is -3.69. The van der Waals surface area contributed by atoms with E-state index in [9.17, 15) is 9.59 Å². The van der Waals surface area contributed by atoms with Crippen molar-refractivity contribution in [2.45, 2.75) is 19.4 Å². The van der Waals surface area contributed by atoms with E-state index >= 15 is 0 Å². The summed E-state index contributed by atoms with van der Waals surface area (Å²) < 4.78 is 13.0. The molecule has 0 spiro atoms. The number of urea groups is 1. The quantitative estimate of drug-likeness (QED) is 0.278. The van der Waals surface area contributed by atoms with Crippen molar-refractivity contribution in [3.63, 3.8) is 0 Å². The number of anilines is 1. The van der Waals surface area contributed by atoms with Crippen LogP contribution in [-0.2, 0) is 4.74 Å². The van der Waals surface area contributed by atoms with Crippen LogP contribution in [-0.4, -0.2) is 47.9 Å². The second-order valence-electron chi connectivity index (χ2n) is 8.37. The van der Waals surface area contributed by atoms with Crippen LogP contribution in [0.15, 0.2) is 82.1 Å². The van der Waals surface area contributed by atoms with Gasteiger partial charge in [-0.25, -0.2) is 9.78 Å². The van der Waals surface area contributed by atoms with Crippen molar-refractivity contribution in [3.05, 3.63) is 93.4 Å². The van der Waals surface area contributed by atoms with Gasteiger partial charge in [-0.2, -0.15) is 0 Å². The van der Waals surface area contributed by atoms with E-state index in [1.54, 1.807) is 54.0 Å². The van der Waals surface area contributed by atoms with E-state index in [0.717, 1.165) is 4.47 Å². The average molecular weight is 565 g/mol. The van der Waals surface area contributed by atoms with E-state index in [4.69, 9.17) is 14.5 Å². The Balaban J connectivity index is 1.83. The number of hydrogen-bond donors (Lipinski definition) is 1. The number of fused-ring (bicyclic) bond motifs is 1. The van der Waals surface area contributed by atoms with Crippen molar-refractivity contribution >= 4 is 38.6 Å². The van der Waals surface area contributed by atoms with Gasteiger partial charge in [0.2, 0.25) is 0 Å². The van der Waals surface area contributed by atoms with E-state index in [-0.39, 0.29) is 11.6 Å². The van der Waals surface area contributed by atoms with Crippen molar-refractivity contribution in [1.29, 1.82) is 0 Å². The first kappa shape index (κ1) is 26.4. The zero-order valence-corrected chi connectivity index (χ0v) is 22.6. The number of methoxy groups -OCH3 is 2. The highest BCUT2D eigenvalue weighted by Crippen LogP contribution is 2.27. The lowest BCUT2D eigenvalue weighted by atomic mass is 10.1. The minimum Gasteiger partial charge on any atom is -0.497 e. The van der Waals surface area contributed by atoms with Gasteiger partial charge in [0, 0.05) is 23.8 Å². The monoisotopic (exact) mass is 564 g/mol. The van der Waals surface area contributed by atoms with Gasteiger partial charge < -0.3 is 19.7 Å². The minimum atomic E-state index is -0.505. The molecule has 0 bridgehead atoms. The third-order valence-electron chi connectivity index (χ3n) is 6.09. The van der Waals surface area contributed by atoms with E-state index < -0.39 is 6.04 Å². The lowest BCUT2D eigenvalue weighted by Gasteiger charge is -2.32. The maximum absolute atomic E-state index is 13.8. The van der Waals surface area contributed by atoms with Crippen molar-refractivity contribution < 1.29 is 14.3 Å². The molecule has 192 valence electrons. The molecule has 1 aromatic heterocycles. The molecule has 8 nitrogen and oxygen atoms in total. The predicted octanol–water partition coefficient (Wildman–Crippen LogP) is 5.79. The highest BCUT2D eigenvalue weighted by atomic mass is 79.9. The number of ether oxygens (including phenoxy) is 2. The molecule has 0 aliphatic carbocycles. The third-order valence-corrected chi connectivity index (χ3v) is 6.61. The van der Waals surface area contributed by atoms with Crippen LogP contribution in [0.3, 0.4) is 0 Å². The number of halogens is 1. The number of aromatic nitrogens is 2. The van der Waals surface area contributed by atoms with Gasteiger partial charge in [-0.15, -0.1) is 0 Å². The Labute approximate surface area is 224 Å². The largest absolute Gasteiger partial charge is 0.497 e. The molecule has 37 heavy (non-hydrogen) atoms. The number of hydrogen-bond acceptors (Lipinski definition) is 5. The van der Waals surface area contributed by atoms with Gasteiger partial charge >= 0.3 is 6.03 Å². The Kier molecular flexibility index (Phi) is 8.58. The van der Waals surface area contributed by atoms with Gasteiger partial charge in [0.15, 0.2) is 0 Å². The van der Waals surface area contributed by atoms with E-state index in [0.29, 0.717) is 53.4 Å². The molecular weight excluding hydrogens is 536 g/mol. The summed E-state index contributed by atoms with van der Waals surface area (Å²) in [5.41, 5.74) is 1.68. The summed E-state index contributed by atoms with van der Waals surface area (Å²) in [7, 11) is 3.18. The lowest BCUT2D eigenvalue weighted by molar-refractivity contribution is 0.131. The van der Waals surface area contributed by atoms with Crippen molar-refractivity contribution in [2.24, 2.45) is 0 Å². The summed E-state index contributed by atoms with van der Waals surface area (Å²) in [5.74, 6) is 1.18. The SMILES string of the molecule is CCC(c1nc2ccccc2c(=O)n1-c1ccc(Br)cc1)N(CCOC)C(=O)Nc1ccc(OC)cc1. The van der Waals surface area contributed by atoms with E-state index in [1.165, 1.54) is 0 Å². The maximum Gasteiger partial charge on any atom is 0.322 e. The van der Waals surface area contributed by atoms with E-state index in [2.05, 4.69) is 21.2 Å². The van der Waals surface area contributed by atoms with Crippen LogP contribution < -0.4 is 15.6 Å². The zero-order valence-electron chi connectivity index (χ0n) is 21.0. The van der Waals surface area contributed by atoms with Gasteiger partial charge in [-0.05, 0) is 67.1 Å². The Morgan fingerprint density at radius 2 is 1.76 bits per heavy atom. The number of benzene rings is 3. The first-order valence-electron chi connectivity index (χ1n) is 11.9. The van der Waals surface area contributed by atoms with Crippen LogP contribution in [0.25, 0.3) is 16.6 Å². The standard InChI is InChI=1S/C28H29BrN4O4/c1-4-25(32(17-18-36-2)28(35)30-20-11-15-22(37-3)16-12-20)26-31-24-8-6-5-7-23(24)27(34)33(26)21-13-9-19(29)10-14-21/h5-16,25H,4,17-18H2,1-3H3,(H,30,35). The molecule has 1 atom stereocenters. The van der Waals surface area contributed by atoms with Crippen molar-refractivity contribution in [1.82, 2.24) is 14.5 Å². The number of nitrogens with zero attached hydrogens (tertiary/aromatic N) is 3. The van der Waals surface area contributed by atoms with Crippen molar-refractivity contribution in [3.8, 4) is 11.4 Å². The number of nitrogens with one attached hydrogen (secondary N) is 1. The number of amides is 2.